The molecule has 1 aromatic heterocycles. The molecular formula is C16H19Cl2N3O. The summed E-state index contributed by atoms with van der Waals surface area (Å²) in [6.07, 6.45) is 3.91. The van der Waals surface area contributed by atoms with Gasteiger partial charge in [0.1, 0.15) is 0 Å². The summed E-state index contributed by atoms with van der Waals surface area (Å²) >= 11 is 12.2. The summed E-state index contributed by atoms with van der Waals surface area (Å²) in [6.45, 7) is 5.25. The van der Waals surface area contributed by atoms with Crippen LogP contribution in [0, 0.1) is 12.8 Å². The van der Waals surface area contributed by atoms with Gasteiger partial charge in [0, 0.05) is 31.7 Å². The molecule has 2 atom stereocenters. The van der Waals surface area contributed by atoms with Gasteiger partial charge >= 0.3 is 0 Å². The molecule has 1 aromatic carbocycles. The number of hydrogen-bond donors (Lipinski definition) is 1. The van der Waals surface area contributed by atoms with Gasteiger partial charge < -0.3 is 10.1 Å². The van der Waals surface area contributed by atoms with Crippen molar-refractivity contribution in [3.05, 3.63) is 51.8 Å². The molecule has 0 bridgehead atoms. The van der Waals surface area contributed by atoms with Gasteiger partial charge in [0.25, 0.3) is 0 Å². The molecule has 2 aromatic rings. The highest BCUT2D eigenvalue weighted by atomic mass is 35.5. The van der Waals surface area contributed by atoms with Crippen LogP contribution in [0.25, 0.3) is 0 Å². The Morgan fingerprint density at radius 1 is 1.36 bits per heavy atom. The van der Waals surface area contributed by atoms with Gasteiger partial charge in [-0.05, 0) is 30.2 Å². The second-order valence-corrected chi connectivity index (χ2v) is 6.48. The van der Waals surface area contributed by atoms with Gasteiger partial charge in [0.05, 0.1) is 29.0 Å². The molecule has 1 aliphatic rings. The van der Waals surface area contributed by atoms with E-state index in [4.69, 9.17) is 27.9 Å². The minimum atomic E-state index is -0.0192. The zero-order chi connectivity index (χ0) is 15.5. The van der Waals surface area contributed by atoms with Gasteiger partial charge in [-0.1, -0.05) is 29.3 Å². The highest BCUT2D eigenvalue weighted by Crippen LogP contribution is 2.32. The lowest BCUT2D eigenvalue weighted by Crippen LogP contribution is -2.28. The van der Waals surface area contributed by atoms with Crippen molar-refractivity contribution in [1.29, 1.82) is 0 Å². The number of nitrogens with zero attached hydrogens (tertiary/aromatic N) is 2. The lowest BCUT2D eigenvalue weighted by Gasteiger charge is -2.25. The third-order valence-electron chi connectivity index (χ3n) is 3.87. The van der Waals surface area contributed by atoms with Crippen molar-refractivity contribution in [3.8, 4) is 0 Å². The Kier molecular flexibility index (Phi) is 5.03. The summed E-state index contributed by atoms with van der Waals surface area (Å²) < 4.78 is 8.04. The second kappa shape index (κ2) is 7.01. The third kappa shape index (κ3) is 3.63. The van der Waals surface area contributed by atoms with Gasteiger partial charge in [-0.15, -0.1) is 0 Å². The first kappa shape index (κ1) is 15.8. The van der Waals surface area contributed by atoms with E-state index in [0.717, 1.165) is 30.8 Å². The Bertz CT molecular complexity index is 644. The number of hydrogen-bond acceptors (Lipinski definition) is 3. The molecule has 1 aliphatic heterocycles. The van der Waals surface area contributed by atoms with Crippen molar-refractivity contribution in [2.24, 2.45) is 5.92 Å². The Morgan fingerprint density at radius 3 is 2.95 bits per heavy atom. The van der Waals surface area contributed by atoms with Gasteiger partial charge in [-0.3, -0.25) is 4.68 Å². The fourth-order valence-electron chi connectivity index (χ4n) is 2.81. The third-order valence-corrected chi connectivity index (χ3v) is 4.61. The molecule has 2 heterocycles. The second-order valence-electron chi connectivity index (χ2n) is 5.67. The molecule has 0 unspecified atom stereocenters. The van der Waals surface area contributed by atoms with Crippen LogP contribution in [0.3, 0.4) is 0 Å². The molecule has 0 spiro atoms. The first-order valence-electron chi connectivity index (χ1n) is 7.40. The summed E-state index contributed by atoms with van der Waals surface area (Å²) in [7, 11) is 0. The average molecular weight is 340 g/mol. The number of benzene rings is 1. The topological polar surface area (TPSA) is 39.1 Å². The van der Waals surface area contributed by atoms with Crippen LogP contribution in [0.15, 0.2) is 30.6 Å². The first-order valence-corrected chi connectivity index (χ1v) is 8.15. The summed E-state index contributed by atoms with van der Waals surface area (Å²) in [6, 6.07) is 5.72. The van der Waals surface area contributed by atoms with Crippen LogP contribution in [-0.2, 0) is 11.3 Å². The lowest BCUT2D eigenvalue weighted by atomic mass is 9.95. The van der Waals surface area contributed by atoms with E-state index < -0.39 is 0 Å². The SMILES string of the molecule is Cc1cnn(C[C@@H]2CNCCO[C@H]2c2ccc(Cl)c(Cl)c2)c1. The van der Waals surface area contributed by atoms with Gasteiger partial charge in [-0.2, -0.15) is 5.10 Å². The maximum atomic E-state index is 6.16. The fourth-order valence-corrected chi connectivity index (χ4v) is 3.12. The molecular weight excluding hydrogens is 321 g/mol. The zero-order valence-corrected chi connectivity index (χ0v) is 13.9. The van der Waals surface area contributed by atoms with E-state index in [1.165, 1.54) is 0 Å². The number of aryl methyl sites for hydroxylation is 1. The van der Waals surface area contributed by atoms with Gasteiger partial charge in [0.15, 0.2) is 0 Å². The molecule has 0 amide bonds. The van der Waals surface area contributed by atoms with E-state index in [1.54, 1.807) is 0 Å². The molecule has 0 saturated carbocycles. The fraction of sp³-hybridized carbons (Fsp3) is 0.438. The molecule has 118 valence electrons. The normalized spacial score (nSPS) is 22.5. The van der Waals surface area contributed by atoms with E-state index in [2.05, 4.69) is 16.6 Å². The Hall–Kier alpha value is -1.07. The molecule has 0 aliphatic carbocycles. The van der Waals surface area contributed by atoms with Crippen LogP contribution in [0.5, 0.6) is 0 Å². The molecule has 6 heteroatoms. The van der Waals surface area contributed by atoms with E-state index in [9.17, 15) is 0 Å². The van der Waals surface area contributed by atoms with Gasteiger partial charge in [-0.25, -0.2) is 0 Å². The average Bonchev–Trinajstić information content (AvgIpc) is 2.76. The van der Waals surface area contributed by atoms with Crippen molar-refractivity contribution in [2.75, 3.05) is 19.7 Å². The summed E-state index contributed by atoms with van der Waals surface area (Å²) in [5, 5.41) is 8.94. The van der Waals surface area contributed by atoms with Crippen molar-refractivity contribution >= 4 is 23.2 Å². The van der Waals surface area contributed by atoms with E-state index in [0.29, 0.717) is 16.7 Å². The van der Waals surface area contributed by atoms with Crippen LogP contribution in [0.2, 0.25) is 10.0 Å². The van der Waals surface area contributed by atoms with Crippen LogP contribution >= 0.6 is 23.2 Å². The van der Waals surface area contributed by atoms with Crippen molar-refractivity contribution in [1.82, 2.24) is 15.1 Å². The predicted octanol–water partition coefficient (Wildman–Crippen LogP) is 3.48. The largest absolute Gasteiger partial charge is 0.372 e. The molecule has 4 nitrogen and oxygen atoms in total. The Labute approximate surface area is 140 Å². The predicted molar refractivity (Wildman–Crippen MR) is 88.5 cm³/mol. The molecule has 22 heavy (non-hydrogen) atoms. The highest BCUT2D eigenvalue weighted by Gasteiger charge is 2.27. The standard InChI is InChI=1S/C16H19Cl2N3O/c1-11-7-20-21(9-11)10-13-8-19-4-5-22-16(13)12-2-3-14(17)15(18)6-12/h2-3,6-7,9,13,16,19H,4-5,8,10H2,1H3/t13-,16-/m0/s1. The van der Waals surface area contributed by atoms with Crippen molar-refractivity contribution in [3.63, 3.8) is 0 Å². The van der Waals surface area contributed by atoms with E-state index in [-0.39, 0.29) is 12.0 Å². The smallest absolute Gasteiger partial charge is 0.0884 e. The molecule has 3 rings (SSSR count). The van der Waals surface area contributed by atoms with Crippen LogP contribution in [0.1, 0.15) is 17.2 Å². The van der Waals surface area contributed by atoms with E-state index in [1.807, 2.05) is 36.0 Å². The summed E-state index contributed by atoms with van der Waals surface area (Å²) in [4.78, 5) is 0. The first-order chi connectivity index (χ1) is 10.6. The monoisotopic (exact) mass is 339 g/mol. The quantitative estimate of drug-likeness (QED) is 0.930. The van der Waals surface area contributed by atoms with Crippen LogP contribution in [-0.4, -0.2) is 29.5 Å². The number of aromatic nitrogens is 2. The number of ether oxygens (including phenoxy) is 1. The number of halogens is 2. The van der Waals surface area contributed by atoms with Crippen LogP contribution in [0.4, 0.5) is 0 Å². The van der Waals surface area contributed by atoms with Gasteiger partial charge in [0.2, 0.25) is 0 Å². The highest BCUT2D eigenvalue weighted by molar-refractivity contribution is 6.42. The zero-order valence-electron chi connectivity index (χ0n) is 12.4. The molecule has 0 radical (unpaired) electrons. The van der Waals surface area contributed by atoms with Crippen LogP contribution < -0.4 is 5.32 Å². The summed E-state index contributed by atoms with van der Waals surface area (Å²) in [5.74, 6) is 0.277. The number of nitrogens with one attached hydrogen (secondary N) is 1. The molecule has 1 saturated heterocycles. The maximum Gasteiger partial charge on any atom is 0.0884 e. The van der Waals surface area contributed by atoms with E-state index >= 15 is 0 Å². The lowest BCUT2D eigenvalue weighted by molar-refractivity contribution is 0.0243. The minimum absolute atomic E-state index is 0.0192. The summed E-state index contributed by atoms with van der Waals surface area (Å²) in [5.41, 5.74) is 2.22. The molecule has 1 N–H and O–H groups in total. The number of rotatable bonds is 3. The van der Waals surface area contributed by atoms with Crippen molar-refractivity contribution in [2.45, 2.75) is 19.6 Å². The van der Waals surface area contributed by atoms with Crippen molar-refractivity contribution < 1.29 is 4.74 Å². The Morgan fingerprint density at radius 2 is 2.23 bits per heavy atom. The molecule has 1 fully saturated rings. The Balaban J connectivity index is 1.85. The minimum Gasteiger partial charge on any atom is -0.372 e. The maximum absolute atomic E-state index is 6.16.